The average molecular weight is 361 g/mol. The Balaban J connectivity index is 2.83. The second-order valence-electron chi connectivity index (χ2n) is 4.55. The number of hydrogen-bond donors (Lipinski definition) is 5. The minimum atomic E-state index is -4.76. The quantitative estimate of drug-likeness (QED) is 0.162. The molecule has 22 heavy (non-hydrogen) atoms. The van der Waals surface area contributed by atoms with Crippen LogP contribution in [-0.2, 0) is 19.4 Å². The lowest BCUT2D eigenvalue weighted by Crippen LogP contribution is -2.57. The summed E-state index contributed by atoms with van der Waals surface area (Å²) in [6.07, 6.45) is -4.80. The monoisotopic (exact) mass is 361 g/mol. The summed E-state index contributed by atoms with van der Waals surface area (Å²) in [6, 6.07) is 0. The molecule has 0 saturated carbocycles. The SMILES string of the molecule is CCCC(=NOS(=O)(=O)O)SC1OC(CO)C(O)C(O)C1O. The van der Waals surface area contributed by atoms with Crippen LogP contribution in [0.25, 0.3) is 0 Å². The molecule has 0 aromatic carbocycles. The summed E-state index contributed by atoms with van der Waals surface area (Å²) < 4.78 is 38.7. The third kappa shape index (κ3) is 5.62. The van der Waals surface area contributed by atoms with Crippen molar-refractivity contribution < 1.29 is 42.4 Å². The van der Waals surface area contributed by atoms with Crippen LogP contribution in [0.5, 0.6) is 0 Å². The molecule has 0 spiro atoms. The van der Waals surface area contributed by atoms with Crippen molar-refractivity contribution in [2.24, 2.45) is 5.16 Å². The Labute approximate surface area is 131 Å². The smallest absolute Gasteiger partial charge is 0.394 e. The fourth-order valence-electron chi connectivity index (χ4n) is 1.73. The van der Waals surface area contributed by atoms with Crippen LogP contribution in [0.1, 0.15) is 19.8 Å². The summed E-state index contributed by atoms with van der Waals surface area (Å²) >= 11 is 0.759. The van der Waals surface area contributed by atoms with Crippen LogP contribution in [0, 0.1) is 0 Å². The third-order valence-corrected chi connectivity index (χ3v) is 4.23. The molecule has 1 rings (SSSR count). The van der Waals surface area contributed by atoms with Crippen LogP contribution in [-0.4, -0.2) is 74.9 Å². The van der Waals surface area contributed by atoms with E-state index in [9.17, 15) is 23.7 Å². The fraction of sp³-hybridized carbons (Fsp3) is 0.900. The van der Waals surface area contributed by atoms with Crippen molar-refractivity contribution in [3.8, 4) is 0 Å². The molecule has 0 radical (unpaired) electrons. The molecule has 0 aliphatic carbocycles. The number of aliphatic hydroxyl groups excluding tert-OH is 4. The predicted octanol–water partition coefficient (Wildman–Crippen LogP) is -1.55. The largest absolute Gasteiger partial charge is 0.466 e. The maximum atomic E-state index is 10.5. The molecule has 12 heteroatoms. The molecule has 0 aromatic heterocycles. The first kappa shape index (κ1) is 19.6. The Hall–Kier alpha value is -0.470. The van der Waals surface area contributed by atoms with Gasteiger partial charge < -0.3 is 25.2 Å². The van der Waals surface area contributed by atoms with E-state index in [4.69, 9.17) is 14.4 Å². The lowest BCUT2D eigenvalue weighted by atomic mass is 10.0. The molecule has 0 bridgehead atoms. The Kier molecular flexibility index (Phi) is 7.48. The van der Waals surface area contributed by atoms with Gasteiger partial charge in [0.05, 0.1) is 6.61 Å². The van der Waals surface area contributed by atoms with Crippen LogP contribution in [0.3, 0.4) is 0 Å². The molecule has 1 aliphatic rings. The van der Waals surface area contributed by atoms with E-state index in [2.05, 4.69) is 9.44 Å². The van der Waals surface area contributed by atoms with Crippen molar-refractivity contribution in [3.05, 3.63) is 0 Å². The van der Waals surface area contributed by atoms with E-state index in [1.165, 1.54) is 0 Å². The van der Waals surface area contributed by atoms with Crippen molar-refractivity contribution in [2.45, 2.75) is 49.6 Å². The van der Waals surface area contributed by atoms with Gasteiger partial charge in [0.15, 0.2) is 0 Å². The number of nitrogens with zero attached hydrogens (tertiary/aromatic N) is 1. The highest BCUT2D eigenvalue weighted by molar-refractivity contribution is 8.14. The summed E-state index contributed by atoms with van der Waals surface area (Å²) in [5, 5.41) is 41.6. The standard InChI is InChI=1S/C10H19NO9S2/c1-2-3-6(11-20-22(16,17)18)21-10-9(15)8(14)7(13)5(4-12)19-10/h5,7-10,12-15H,2-4H2,1H3,(H,16,17,18). The molecule has 1 fully saturated rings. The number of ether oxygens (including phenoxy) is 1. The third-order valence-electron chi connectivity index (χ3n) is 2.80. The molecule has 130 valence electrons. The van der Waals surface area contributed by atoms with Crippen molar-refractivity contribution in [1.29, 1.82) is 0 Å². The van der Waals surface area contributed by atoms with Gasteiger partial charge in [-0.05, 0) is 12.8 Å². The van der Waals surface area contributed by atoms with E-state index in [0.29, 0.717) is 6.42 Å². The average Bonchev–Trinajstić information content (AvgIpc) is 2.44. The van der Waals surface area contributed by atoms with Crippen molar-refractivity contribution >= 4 is 27.2 Å². The first-order valence-electron chi connectivity index (χ1n) is 6.39. The molecular weight excluding hydrogens is 342 g/mol. The van der Waals surface area contributed by atoms with Gasteiger partial charge in [-0.1, -0.05) is 23.8 Å². The molecule has 5 atom stereocenters. The van der Waals surface area contributed by atoms with Gasteiger partial charge in [0.2, 0.25) is 0 Å². The van der Waals surface area contributed by atoms with E-state index < -0.39 is 46.9 Å². The van der Waals surface area contributed by atoms with Gasteiger partial charge in [-0.15, -0.1) is 0 Å². The molecule has 5 unspecified atom stereocenters. The van der Waals surface area contributed by atoms with E-state index in [-0.39, 0.29) is 11.5 Å². The van der Waals surface area contributed by atoms with Gasteiger partial charge in [-0.2, -0.15) is 8.42 Å². The lowest BCUT2D eigenvalue weighted by molar-refractivity contribution is -0.205. The van der Waals surface area contributed by atoms with Gasteiger partial charge in [0.25, 0.3) is 0 Å². The first-order chi connectivity index (χ1) is 10.2. The van der Waals surface area contributed by atoms with Crippen molar-refractivity contribution in [1.82, 2.24) is 0 Å². The second kappa shape index (κ2) is 8.40. The summed E-state index contributed by atoms with van der Waals surface area (Å²) in [7, 11) is -4.76. The summed E-state index contributed by atoms with van der Waals surface area (Å²) in [6.45, 7) is 1.20. The second-order valence-corrected chi connectivity index (χ2v) is 6.73. The van der Waals surface area contributed by atoms with E-state index in [0.717, 1.165) is 11.8 Å². The van der Waals surface area contributed by atoms with Crippen LogP contribution in [0.4, 0.5) is 0 Å². The molecular formula is C10H19NO9S2. The molecule has 1 saturated heterocycles. The molecule has 10 nitrogen and oxygen atoms in total. The van der Waals surface area contributed by atoms with Gasteiger partial charge in [-0.3, -0.25) is 4.55 Å². The highest BCUT2D eigenvalue weighted by atomic mass is 32.3. The number of aliphatic hydroxyl groups is 4. The Morgan fingerprint density at radius 3 is 2.41 bits per heavy atom. The minimum absolute atomic E-state index is 0.0875. The van der Waals surface area contributed by atoms with Crippen LogP contribution >= 0.6 is 11.8 Å². The zero-order valence-electron chi connectivity index (χ0n) is 11.6. The first-order valence-corrected chi connectivity index (χ1v) is 8.64. The Bertz CT molecular complexity index is 481. The van der Waals surface area contributed by atoms with Gasteiger partial charge in [0, 0.05) is 0 Å². The maximum absolute atomic E-state index is 10.5. The van der Waals surface area contributed by atoms with Crippen molar-refractivity contribution in [2.75, 3.05) is 6.61 Å². The van der Waals surface area contributed by atoms with Gasteiger partial charge in [0.1, 0.15) is 34.9 Å². The molecule has 1 heterocycles. The number of thioether (sulfide) groups is 1. The molecule has 1 aliphatic heterocycles. The Morgan fingerprint density at radius 1 is 1.27 bits per heavy atom. The maximum Gasteiger partial charge on any atom is 0.466 e. The van der Waals surface area contributed by atoms with Crippen LogP contribution < -0.4 is 0 Å². The highest BCUT2D eigenvalue weighted by Crippen LogP contribution is 2.30. The van der Waals surface area contributed by atoms with Gasteiger partial charge >= 0.3 is 10.4 Å². The molecule has 5 N–H and O–H groups in total. The number of hydrogen-bond acceptors (Lipinski definition) is 10. The van der Waals surface area contributed by atoms with E-state index >= 15 is 0 Å². The topological polar surface area (TPSA) is 166 Å². The molecule has 0 aromatic rings. The summed E-state index contributed by atoms with van der Waals surface area (Å²) in [4.78, 5) is 0. The zero-order valence-corrected chi connectivity index (χ0v) is 13.3. The van der Waals surface area contributed by atoms with Crippen molar-refractivity contribution in [3.63, 3.8) is 0 Å². The van der Waals surface area contributed by atoms with Crippen LogP contribution in [0.2, 0.25) is 0 Å². The van der Waals surface area contributed by atoms with Gasteiger partial charge in [-0.25, -0.2) is 4.28 Å². The van der Waals surface area contributed by atoms with E-state index in [1.54, 1.807) is 6.92 Å². The number of oxime groups is 1. The highest BCUT2D eigenvalue weighted by Gasteiger charge is 2.44. The Morgan fingerprint density at radius 2 is 1.91 bits per heavy atom. The summed E-state index contributed by atoms with van der Waals surface area (Å²) in [5.74, 6) is 0. The fourth-order valence-corrected chi connectivity index (χ4v) is 3.13. The zero-order chi connectivity index (χ0) is 16.9. The lowest BCUT2D eigenvalue weighted by Gasteiger charge is -2.39. The van der Waals surface area contributed by atoms with Crippen LogP contribution in [0.15, 0.2) is 5.16 Å². The summed E-state index contributed by atoms with van der Waals surface area (Å²) in [5.41, 5.74) is -1.11. The molecule has 0 amide bonds. The predicted molar refractivity (Wildman–Crippen MR) is 76.3 cm³/mol. The number of rotatable bonds is 6. The van der Waals surface area contributed by atoms with E-state index in [1.807, 2.05) is 0 Å². The normalized spacial score (nSPS) is 33.7. The minimum Gasteiger partial charge on any atom is -0.394 e.